The summed E-state index contributed by atoms with van der Waals surface area (Å²) in [4.78, 5) is 12.5. The molecule has 1 amide bonds. The van der Waals surface area contributed by atoms with Gasteiger partial charge in [0.25, 0.3) is 0 Å². The van der Waals surface area contributed by atoms with Crippen molar-refractivity contribution in [1.29, 1.82) is 0 Å². The molecular weight excluding hydrogens is 282 g/mol. The van der Waals surface area contributed by atoms with Crippen LogP contribution in [0.1, 0.15) is 50.5 Å². The van der Waals surface area contributed by atoms with Gasteiger partial charge in [0.15, 0.2) is 0 Å². The average Bonchev–Trinajstić information content (AvgIpc) is 2.55. The molecule has 3 unspecified atom stereocenters. The Labute approximate surface area is 133 Å². The predicted molar refractivity (Wildman–Crippen MR) is 88.7 cm³/mol. The molecular formula is C18H26ClNO. The van der Waals surface area contributed by atoms with E-state index in [2.05, 4.69) is 12.2 Å². The van der Waals surface area contributed by atoms with E-state index in [-0.39, 0.29) is 11.8 Å². The Hall–Kier alpha value is -1.02. The van der Waals surface area contributed by atoms with Crippen LogP contribution in [0.15, 0.2) is 30.3 Å². The molecule has 1 fully saturated rings. The van der Waals surface area contributed by atoms with E-state index in [9.17, 15) is 4.79 Å². The van der Waals surface area contributed by atoms with Crippen molar-refractivity contribution in [2.45, 2.75) is 44.9 Å². The van der Waals surface area contributed by atoms with Crippen molar-refractivity contribution < 1.29 is 4.79 Å². The zero-order chi connectivity index (χ0) is 15.1. The molecule has 116 valence electrons. The molecule has 0 aliphatic heterocycles. The van der Waals surface area contributed by atoms with Gasteiger partial charge in [0.05, 0.1) is 5.92 Å². The fourth-order valence-electron chi connectivity index (χ4n) is 3.37. The van der Waals surface area contributed by atoms with Crippen LogP contribution in [0, 0.1) is 11.8 Å². The Morgan fingerprint density at radius 1 is 1.24 bits per heavy atom. The quantitative estimate of drug-likeness (QED) is 0.778. The van der Waals surface area contributed by atoms with Crippen molar-refractivity contribution in [3.63, 3.8) is 0 Å². The molecule has 2 rings (SSSR count). The monoisotopic (exact) mass is 307 g/mol. The standard InChI is InChI=1S/C18H26ClNO/c1-2-17(14-8-4-3-5-9-14)18(21)20-13-16-11-7-6-10-15(16)12-19/h3-5,8-9,15-17H,2,6-7,10-13H2,1H3,(H,20,21). The molecule has 1 saturated carbocycles. The second-order valence-electron chi connectivity index (χ2n) is 6.08. The van der Waals surface area contributed by atoms with Crippen LogP contribution in [0.2, 0.25) is 0 Å². The largest absolute Gasteiger partial charge is 0.355 e. The number of carbonyl (C=O) groups excluding carboxylic acids is 1. The SMILES string of the molecule is CCC(C(=O)NCC1CCCCC1CCl)c1ccccc1. The van der Waals surface area contributed by atoms with Gasteiger partial charge in [0.2, 0.25) is 5.91 Å². The van der Waals surface area contributed by atoms with Gasteiger partial charge >= 0.3 is 0 Å². The summed E-state index contributed by atoms with van der Waals surface area (Å²) in [6.45, 7) is 2.85. The molecule has 0 heterocycles. The normalized spacial score (nSPS) is 23.5. The highest BCUT2D eigenvalue weighted by Crippen LogP contribution is 2.30. The minimum atomic E-state index is -0.0377. The first-order valence-electron chi connectivity index (χ1n) is 8.14. The van der Waals surface area contributed by atoms with E-state index < -0.39 is 0 Å². The first-order valence-corrected chi connectivity index (χ1v) is 8.68. The van der Waals surface area contributed by atoms with Gasteiger partial charge in [0, 0.05) is 12.4 Å². The smallest absolute Gasteiger partial charge is 0.227 e. The van der Waals surface area contributed by atoms with Gasteiger partial charge in [0.1, 0.15) is 0 Å². The summed E-state index contributed by atoms with van der Waals surface area (Å²) in [5.74, 6) is 1.95. The lowest BCUT2D eigenvalue weighted by atomic mass is 9.80. The van der Waals surface area contributed by atoms with Crippen LogP contribution < -0.4 is 5.32 Å². The summed E-state index contributed by atoms with van der Waals surface area (Å²) in [7, 11) is 0. The predicted octanol–water partition coefficient (Wildman–Crippen LogP) is 4.34. The number of nitrogens with one attached hydrogen (secondary N) is 1. The van der Waals surface area contributed by atoms with Crippen LogP contribution in [0.25, 0.3) is 0 Å². The number of hydrogen-bond donors (Lipinski definition) is 1. The Bertz CT molecular complexity index is 434. The Morgan fingerprint density at radius 2 is 1.90 bits per heavy atom. The fourth-order valence-corrected chi connectivity index (χ4v) is 3.78. The number of alkyl halides is 1. The highest BCUT2D eigenvalue weighted by Gasteiger charge is 2.26. The third kappa shape index (κ3) is 4.47. The number of benzene rings is 1. The number of rotatable bonds is 6. The molecule has 1 aliphatic rings. The van der Waals surface area contributed by atoms with Gasteiger partial charge in [-0.3, -0.25) is 4.79 Å². The minimum Gasteiger partial charge on any atom is -0.355 e. The second-order valence-corrected chi connectivity index (χ2v) is 6.38. The van der Waals surface area contributed by atoms with E-state index in [1.165, 1.54) is 25.7 Å². The molecule has 1 aromatic carbocycles. The third-order valence-corrected chi connectivity index (χ3v) is 5.13. The van der Waals surface area contributed by atoms with Crippen LogP contribution in [0.5, 0.6) is 0 Å². The van der Waals surface area contributed by atoms with Gasteiger partial charge in [-0.25, -0.2) is 0 Å². The summed E-state index contributed by atoms with van der Waals surface area (Å²) < 4.78 is 0. The van der Waals surface area contributed by atoms with Crippen molar-refractivity contribution in [3.8, 4) is 0 Å². The molecule has 1 aliphatic carbocycles. The first-order chi connectivity index (χ1) is 10.3. The molecule has 0 aromatic heterocycles. The van der Waals surface area contributed by atoms with Crippen molar-refractivity contribution in [1.82, 2.24) is 5.32 Å². The number of hydrogen-bond acceptors (Lipinski definition) is 1. The lowest BCUT2D eigenvalue weighted by Crippen LogP contribution is -2.37. The van der Waals surface area contributed by atoms with Crippen LogP contribution in [-0.4, -0.2) is 18.3 Å². The fraction of sp³-hybridized carbons (Fsp3) is 0.611. The maximum atomic E-state index is 12.5. The highest BCUT2D eigenvalue weighted by molar-refractivity contribution is 6.18. The summed E-state index contributed by atoms with van der Waals surface area (Å²) in [5, 5.41) is 3.17. The molecule has 1 aromatic rings. The van der Waals surface area contributed by atoms with Crippen LogP contribution in [0.4, 0.5) is 0 Å². The second kappa shape index (κ2) is 8.43. The van der Waals surface area contributed by atoms with E-state index >= 15 is 0 Å². The molecule has 2 nitrogen and oxygen atoms in total. The number of halogens is 1. The summed E-state index contributed by atoms with van der Waals surface area (Å²) >= 11 is 6.06. The molecule has 0 bridgehead atoms. The van der Waals surface area contributed by atoms with Gasteiger partial charge in [-0.15, -0.1) is 11.6 Å². The summed E-state index contributed by atoms with van der Waals surface area (Å²) in [6.07, 6.45) is 5.78. The number of amides is 1. The Morgan fingerprint density at radius 3 is 2.52 bits per heavy atom. The van der Waals surface area contributed by atoms with Crippen LogP contribution in [-0.2, 0) is 4.79 Å². The lowest BCUT2D eigenvalue weighted by Gasteiger charge is -2.30. The molecule has 21 heavy (non-hydrogen) atoms. The van der Waals surface area contributed by atoms with Crippen molar-refractivity contribution in [3.05, 3.63) is 35.9 Å². The highest BCUT2D eigenvalue weighted by atomic mass is 35.5. The van der Waals surface area contributed by atoms with Crippen molar-refractivity contribution >= 4 is 17.5 Å². The van der Waals surface area contributed by atoms with E-state index in [4.69, 9.17) is 11.6 Å². The molecule has 0 spiro atoms. The lowest BCUT2D eigenvalue weighted by molar-refractivity contribution is -0.122. The van der Waals surface area contributed by atoms with Gasteiger partial charge in [-0.05, 0) is 36.7 Å². The van der Waals surface area contributed by atoms with Crippen molar-refractivity contribution in [2.75, 3.05) is 12.4 Å². The molecule has 3 atom stereocenters. The van der Waals surface area contributed by atoms with Crippen molar-refractivity contribution in [2.24, 2.45) is 11.8 Å². The van der Waals surface area contributed by atoms with E-state index in [1.54, 1.807) is 0 Å². The minimum absolute atomic E-state index is 0.0377. The Balaban J connectivity index is 1.90. The van der Waals surface area contributed by atoms with E-state index in [1.807, 2.05) is 30.3 Å². The van der Waals surface area contributed by atoms with Crippen LogP contribution in [0.3, 0.4) is 0 Å². The van der Waals surface area contributed by atoms with E-state index in [0.29, 0.717) is 11.8 Å². The Kier molecular flexibility index (Phi) is 6.56. The maximum Gasteiger partial charge on any atom is 0.227 e. The average molecular weight is 308 g/mol. The molecule has 3 heteroatoms. The van der Waals surface area contributed by atoms with Gasteiger partial charge in [-0.2, -0.15) is 0 Å². The zero-order valence-electron chi connectivity index (χ0n) is 12.9. The third-order valence-electron chi connectivity index (χ3n) is 4.73. The molecule has 1 N–H and O–H groups in total. The van der Waals surface area contributed by atoms with Crippen LogP contribution >= 0.6 is 11.6 Å². The molecule has 0 saturated heterocycles. The topological polar surface area (TPSA) is 29.1 Å². The molecule has 0 radical (unpaired) electrons. The van der Waals surface area contributed by atoms with Gasteiger partial charge in [-0.1, -0.05) is 50.1 Å². The summed E-state index contributed by atoms with van der Waals surface area (Å²) in [5.41, 5.74) is 1.11. The zero-order valence-corrected chi connectivity index (χ0v) is 13.6. The number of carbonyl (C=O) groups is 1. The van der Waals surface area contributed by atoms with E-state index in [0.717, 1.165) is 24.4 Å². The first kappa shape index (κ1) is 16.4. The van der Waals surface area contributed by atoms with Gasteiger partial charge < -0.3 is 5.32 Å². The maximum absolute atomic E-state index is 12.5. The summed E-state index contributed by atoms with van der Waals surface area (Å²) in [6, 6.07) is 10.1.